The van der Waals surface area contributed by atoms with Crippen LogP contribution in [0, 0.1) is 0 Å². The van der Waals surface area contributed by atoms with E-state index in [4.69, 9.17) is 10.5 Å². The van der Waals surface area contributed by atoms with Crippen LogP contribution < -0.4 is 15.4 Å². The molecule has 1 aromatic heterocycles. The Morgan fingerprint density at radius 1 is 1.11 bits per heavy atom. The molecule has 0 fully saturated rings. The third-order valence-electron chi connectivity index (χ3n) is 2.56. The summed E-state index contributed by atoms with van der Waals surface area (Å²) >= 11 is 0. The minimum Gasteiger partial charge on any atom is -0.424 e. The molecule has 1 heterocycles. The van der Waals surface area contributed by atoms with Crippen LogP contribution in [0.15, 0.2) is 24.3 Å². The van der Waals surface area contributed by atoms with E-state index in [1.54, 1.807) is 4.90 Å². The van der Waals surface area contributed by atoms with E-state index < -0.39 is 0 Å². The fraction of sp³-hybridized carbons (Fsp3) is 0.308. The number of nitrogens with two attached hydrogens (primary N) is 1. The Bertz CT molecular complexity index is 553. The second kappa shape index (κ2) is 5.51. The minimum atomic E-state index is 0.138. The smallest absolute Gasteiger partial charge is 0.328 e. The van der Waals surface area contributed by atoms with Crippen LogP contribution in [0.25, 0.3) is 0 Å². The van der Waals surface area contributed by atoms with Crippen molar-refractivity contribution in [1.29, 1.82) is 0 Å². The number of nitrogen functional groups attached to an aromatic ring is 1. The molecule has 100 valence electrons. The SMILES string of the molecule is CCc1ccc(Oc2nc(N)nc(N(C)C)n2)cc1. The van der Waals surface area contributed by atoms with Gasteiger partial charge in [-0.2, -0.15) is 15.0 Å². The fourth-order valence-electron chi connectivity index (χ4n) is 1.51. The van der Waals surface area contributed by atoms with Crippen LogP contribution in [-0.2, 0) is 6.42 Å². The summed E-state index contributed by atoms with van der Waals surface area (Å²) in [5.74, 6) is 1.28. The molecule has 19 heavy (non-hydrogen) atoms. The molecule has 0 spiro atoms. The number of hydrogen-bond acceptors (Lipinski definition) is 6. The van der Waals surface area contributed by atoms with Crippen molar-refractivity contribution in [2.45, 2.75) is 13.3 Å². The molecule has 0 amide bonds. The largest absolute Gasteiger partial charge is 0.424 e. The molecule has 0 unspecified atom stereocenters. The number of nitrogens with zero attached hydrogens (tertiary/aromatic N) is 4. The molecular formula is C13H17N5O. The highest BCUT2D eigenvalue weighted by atomic mass is 16.5. The first-order chi connectivity index (χ1) is 9.08. The second-order valence-electron chi connectivity index (χ2n) is 4.27. The second-order valence-corrected chi connectivity index (χ2v) is 4.27. The van der Waals surface area contributed by atoms with Crippen molar-refractivity contribution in [2.24, 2.45) is 0 Å². The number of anilines is 2. The van der Waals surface area contributed by atoms with Gasteiger partial charge in [-0.1, -0.05) is 19.1 Å². The molecule has 0 bridgehead atoms. The number of benzene rings is 1. The van der Waals surface area contributed by atoms with E-state index in [1.165, 1.54) is 5.56 Å². The first-order valence-corrected chi connectivity index (χ1v) is 6.04. The molecule has 2 aromatic rings. The molecule has 6 heteroatoms. The summed E-state index contributed by atoms with van der Waals surface area (Å²) in [4.78, 5) is 13.9. The van der Waals surface area contributed by atoms with Gasteiger partial charge < -0.3 is 15.4 Å². The van der Waals surface area contributed by atoms with Gasteiger partial charge in [-0.15, -0.1) is 0 Å². The number of aromatic nitrogens is 3. The van der Waals surface area contributed by atoms with Gasteiger partial charge in [-0.3, -0.25) is 0 Å². The number of aryl methyl sites for hydroxylation is 1. The van der Waals surface area contributed by atoms with Gasteiger partial charge >= 0.3 is 6.01 Å². The van der Waals surface area contributed by atoms with Crippen LogP contribution in [0.3, 0.4) is 0 Å². The topological polar surface area (TPSA) is 77.2 Å². The van der Waals surface area contributed by atoms with Gasteiger partial charge in [0, 0.05) is 14.1 Å². The molecule has 0 atom stereocenters. The summed E-state index contributed by atoms with van der Waals surface area (Å²) in [6, 6.07) is 7.97. The Labute approximate surface area is 112 Å². The minimum absolute atomic E-state index is 0.138. The van der Waals surface area contributed by atoms with Crippen LogP contribution in [0.1, 0.15) is 12.5 Å². The molecule has 2 N–H and O–H groups in total. The number of ether oxygens (including phenoxy) is 1. The molecule has 0 saturated carbocycles. The summed E-state index contributed by atoms with van der Waals surface area (Å²) in [6.45, 7) is 2.10. The molecule has 0 radical (unpaired) electrons. The molecule has 1 aromatic carbocycles. The Hall–Kier alpha value is -2.37. The van der Waals surface area contributed by atoms with Gasteiger partial charge in [0.25, 0.3) is 0 Å². The molecule has 0 aliphatic carbocycles. The molecule has 0 aliphatic rings. The van der Waals surface area contributed by atoms with Crippen molar-refractivity contribution >= 4 is 11.9 Å². The molecule has 0 aliphatic heterocycles. The van der Waals surface area contributed by atoms with Crippen LogP contribution in [0.2, 0.25) is 0 Å². The van der Waals surface area contributed by atoms with Crippen molar-refractivity contribution < 1.29 is 4.74 Å². The van der Waals surface area contributed by atoms with E-state index in [0.29, 0.717) is 11.7 Å². The molecular weight excluding hydrogens is 242 g/mol. The molecule has 0 saturated heterocycles. The molecule has 6 nitrogen and oxygen atoms in total. The van der Waals surface area contributed by atoms with Crippen molar-refractivity contribution in [3.8, 4) is 11.8 Å². The highest BCUT2D eigenvalue weighted by Crippen LogP contribution is 2.20. The number of rotatable bonds is 4. The highest BCUT2D eigenvalue weighted by Gasteiger charge is 2.08. The zero-order valence-electron chi connectivity index (χ0n) is 11.3. The lowest BCUT2D eigenvalue weighted by molar-refractivity contribution is 0.440. The lowest BCUT2D eigenvalue weighted by atomic mass is 10.2. The van der Waals surface area contributed by atoms with E-state index in [1.807, 2.05) is 38.4 Å². The van der Waals surface area contributed by atoms with Gasteiger partial charge in [0.1, 0.15) is 5.75 Å². The average Bonchev–Trinajstić information content (AvgIpc) is 2.39. The van der Waals surface area contributed by atoms with Gasteiger partial charge in [0.05, 0.1) is 0 Å². The number of hydrogen-bond donors (Lipinski definition) is 1. The Balaban J connectivity index is 2.22. The van der Waals surface area contributed by atoms with Crippen LogP contribution in [0.5, 0.6) is 11.8 Å². The summed E-state index contributed by atoms with van der Waals surface area (Å²) in [6.07, 6.45) is 0.990. The van der Waals surface area contributed by atoms with Crippen LogP contribution in [-0.4, -0.2) is 29.0 Å². The highest BCUT2D eigenvalue weighted by molar-refractivity contribution is 5.36. The van der Waals surface area contributed by atoms with Crippen LogP contribution >= 0.6 is 0 Å². The van der Waals surface area contributed by atoms with E-state index in [2.05, 4.69) is 21.9 Å². The first-order valence-electron chi connectivity index (χ1n) is 6.04. The zero-order chi connectivity index (χ0) is 13.8. The summed E-state index contributed by atoms with van der Waals surface area (Å²) in [5.41, 5.74) is 6.87. The summed E-state index contributed by atoms with van der Waals surface area (Å²) in [5, 5.41) is 0. The Morgan fingerprint density at radius 2 is 1.79 bits per heavy atom. The summed E-state index contributed by atoms with van der Waals surface area (Å²) in [7, 11) is 3.66. The predicted molar refractivity (Wildman–Crippen MR) is 74.5 cm³/mol. The maximum absolute atomic E-state index is 5.63. The van der Waals surface area contributed by atoms with Crippen molar-refractivity contribution in [1.82, 2.24) is 15.0 Å². The predicted octanol–water partition coefficient (Wildman–Crippen LogP) is 1.87. The average molecular weight is 259 g/mol. The van der Waals surface area contributed by atoms with E-state index in [9.17, 15) is 0 Å². The Morgan fingerprint density at radius 3 is 2.37 bits per heavy atom. The monoisotopic (exact) mass is 259 g/mol. The van der Waals surface area contributed by atoms with Gasteiger partial charge in [-0.05, 0) is 24.1 Å². The summed E-state index contributed by atoms with van der Waals surface area (Å²) < 4.78 is 5.58. The quantitative estimate of drug-likeness (QED) is 0.903. The Kier molecular flexibility index (Phi) is 3.79. The lowest BCUT2D eigenvalue weighted by Crippen LogP contribution is -2.15. The first kappa shape index (κ1) is 13.1. The van der Waals surface area contributed by atoms with Crippen molar-refractivity contribution in [2.75, 3.05) is 24.7 Å². The normalized spacial score (nSPS) is 10.3. The maximum atomic E-state index is 5.63. The third kappa shape index (κ3) is 3.31. The van der Waals surface area contributed by atoms with E-state index in [-0.39, 0.29) is 12.0 Å². The fourth-order valence-corrected chi connectivity index (χ4v) is 1.51. The van der Waals surface area contributed by atoms with E-state index in [0.717, 1.165) is 6.42 Å². The molecule has 2 rings (SSSR count). The third-order valence-corrected chi connectivity index (χ3v) is 2.56. The van der Waals surface area contributed by atoms with Crippen molar-refractivity contribution in [3.05, 3.63) is 29.8 Å². The van der Waals surface area contributed by atoms with Crippen molar-refractivity contribution in [3.63, 3.8) is 0 Å². The standard InChI is InChI=1S/C13H17N5O/c1-4-9-5-7-10(8-6-9)19-13-16-11(14)15-12(17-13)18(2)3/h5-8H,4H2,1-3H3,(H2,14,15,16,17). The van der Waals surface area contributed by atoms with Gasteiger partial charge in [0.2, 0.25) is 11.9 Å². The van der Waals surface area contributed by atoms with Gasteiger partial charge in [-0.25, -0.2) is 0 Å². The lowest BCUT2D eigenvalue weighted by Gasteiger charge is -2.11. The van der Waals surface area contributed by atoms with Crippen LogP contribution in [0.4, 0.5) is 11.9 Å². The maximum Gasteiger partial charge on any atom is 0.328 e. The van der Waals surface area contributed by atoms with E-state index >= 15 is 0 Å². The van der Waals surface area contributed by atoms with Gasteiger partial charge in [0.15, 0.2) is 0 Å². The zero-order valence-corrected chi connectivity index (χ0v) is 11.3.